The van der Waals surface area contributed by atoms with E-state index in [0.717, 1.165) is 11.1 Å². The van der Waals surface area contributed by atoms with Crippen molar-refractivity contribution < 1.29 is 8.78 Å². The normalized spacial score (nSPS) is 24.8. The van der Waals surface area contributed by atoms with Gasteiger partial charge in [0.05, 0.1) is 11.1 Å². The number of halogens is 2. The average molecular weight is 452 g/mol. The van der Waals surface area contributed by atoms with Crippen LogP contribution >= 0.6 is 11.3 Å². The van der Waals surface area contributed by atoms with Crippen LogP contribution in [-0.4, -0.2) is 26.0 Å². The third-order valence-corrected chi connectivity index (χ3v) is 8.16. The number of thiophene rings is 1. The summed E-state index contributed by atoms with van der Waals surface area (Å²) in [5, 5.41) is 5.95. The first-order valence-electron chi connectivity index (χ1n) is 11.1. The lowest BCUT2D eigenvalue weighted by molar-refractivity contribution is 0.0926. The molecule has 164 valence electrons. The van der Waals surface area contributed by atoms with Gasteiger partial charge in [0, 0.05) is 23.2 Å². The molecule has 4 aromatic rings. The Balaban J connectivity index is 1.48. The number of fused-ring (bicyclic) bond motifs is 4. The zero-order valence-electron chi connectivity index (χ0n) is 17.6. The van der Waals surface area contributed by atoms with E-state index in [9.17, 15) is 4.39 Å². The molecule has 7 rings (SSSR count). The first kappa shape index (κ1) is 19.8. The van der Waals surface area contributed by atoms with Crippen molar-refractivity contribution >= 4 is 28.2 Å². The van der Waals surface area contributed by atoms with Gasteiger partial charge in [-0.05, 0) is 60.9 Å². The summed E-state index contributed by atoms with van der Waals surface area (Å²) in [7, 11) is 0. The maximum Gasteiger partial charge on any atom is 0.192 e. The Kier molecular flexibility index (Phi) is 4.71. The highest BCUT2D eigenvalue weighted by Gasteiger charge is 2.41. The topological polar surface area (TPSA) is 66.5 Å². The fourth-order valence-electron chi connectivity index (χ4n) is 5.56. The van der Waals surface area contributed by atoms with Crippen molar-refractivity contribution in [3.63, 3.8) is 0 Å². The summed E-state index contributed by atoms with van der Waals surface area (Å²) in [5.74, 6) is 1.38. The van der Waals surface area contributed by atoms with E-state index in [4.69, 9.17) is 0 Å². The summed E-state index contributed by atoms with van der Waals surface area (Å²) >= 11 is 1.43. The van der Waals surface area contributed by atoms with Crippen molar-refractivity contribution in [3.8, 4) is 22.0 Å². The highest BCUT2D eigenvalue weighted by molar-refractivity contribution is 7.13. The third kappa shape index (κ3) is 3.20. The van der Waals surface area contributed by atoms with E-state index in [2.05, 4.69) is 32.2 Å². The van der Waals surface area contributed by atoms with E-state index < -0.39 is 11.6 Å². The maximum absolute atomic E-state index is 15.7. The van der Waals surface area contributed by atoms with Gasteiger partial charge in [0.2, 0.25) is 0 Å². The first-order chi connectivity index (χ1) is 15.6. The number of hydrogen-bond donors (Lipinski definition) is 2. The minimum Gasteiger partial charge on any atom is -0.364 e. The second-order valence-electron chi connectivity index (χ2n) is 8.99. The molecule has 0 spiro atoms. The number of rotatable bonds is 4. The van der Waals surface area contributed by atoms with Gasteiger partial charge >= 0.3 is 0 Å². The van der Waals surface area contributed by atoms with Gasteiger partial charge < -0.3 is 10.3 Å². The highest BCUT2D eigenvalue weighted by Crippen LogP contribution is 2.46. The fraction of sp³-hybridized carbons (Fsp3) is 0.375. The van der Waals surface area contributed by atoms with E-state index in [-0.39, 0.29) is 17.6 Å². The largest absolute Gasteiger partial charge is 0.364 e. The van der Waals surface area contributed by atoms with Crippen LogP contribution in [0.25, 0.3) is 33.0 Å². The summed E-state index contributed by atoms with van der Waals surface area (Å²) in [6.45, 7) is 2.27. The molecule has 32 heavy (non-hydrogen) atoms. The standard InChI is InChI=1S/C24H23F2N5S/c1-12-13-4-6-14(7-5-13)20(12)29-24-19(26)21(18-3-2-8-32-18)30-23(31-24)17-11-28-22-16(17)9-15(25)10-27-22/h2-3,8-14,20H,4-7H2,1H3,(H,27,28)(H,29,30,31). The molecule has 2 N–H and O–H groups in total. The van der Waals surface area contributed by atoms with Gasteiger partial charge in [0.15, 0.2) is 17.5 Å². The maximum atomic E-state index is 15.7. The smallest absolute Gasteiger partial charge is 0.192 e. The van der Waals surface area contributed by atoms with Crippen LogP contribution in [-0.2, 0) is 0 Å². The molecular formula is C24H23F2N5S. The summed E-state index contributed by atoms with van der Waals surface area (Å²) in [6.07, 6.45) is 7.75. The molecule has 4 aromatic heterocycles. The molecule has 0 aromatic carbocycles. The van der Waals surface area contributed by atoms with Crippen LogP contribution in [0.1, 0.15) is 32.6 Å². The predicted octanol–water partition coefficient (Wildman–Crippen LogP) is 6.26. The number of anilines is 1. The Morgan fingerprint density at radius 1 is 1.12 bits per heavy atom. The van der Waals surface area contributed by atoms with Crippen LogP contribution < -0.4 is 5.32 Å². The zero-order chi connectivity index (χ0) is 21.8. The van der Waals surface area contributed by atoms with Crippen molar-refractivity contribution in [2.24, 2.45) is 17.8 Å². The van der Waals surface area contributed by atoms with E-state index in [1.54, 1.807) is 6.20 Å². The van der Waals surface area contributed by atoms with Crippen molar-refractivity contribution in [2.75, 3.05) is 5.32 Å². The molecule has 4 heterocycles. The number of aromatic nitrogens is 4. The van der Waals surface area contributed by atoms with Crippen LogP contribution in [0.2, 0.25) is 0 Å². The van der Waals surface area contributed by atoms with Crippen molar-refractivity contribution in [3.05, 3.63) is 47.6 Å². The molecule has 3 aliphatic rings. The van der Waals surface area contributed by atoms with Crippen molar-refractivity contribution in [1.82, 2.24) is 19.9 Å². The number of pyridine rings is 1. The molecule has 0 amide bonds. The minimum absolute atomic E-state index is 0.193. The second kappa shape index (κ2) is 7.62. The Labute approximate surface area is 188 Å². The molecule has 3 saturated carbocycles. The van der Waals surface area contributed by atoms with Gasteiger partial charge in [-0.3, -0.25) is 0 Å². The summed E-state index contributed by atoms with van der Waals surface area (Å²) in [5.41, 5.74) is 1.41. The van der Waals surface area contributed by atoms with Crippen LogP contribution in [0.15, 0.2) is 36.0 Å². The lowest BCUT2D eigenvalue weighted by Crippen LogP contribution is -2.47. The number of hydrogen-bond acceptors (Lipinski definition) is 5. The molecule has 0 aliphatic heterocycles. The predicted molar refractivity (Wildman–Crippen MR) is 122 cm³/mol. The summed E-state index contributed by atoms with van der Waals surface area (Å²) < 4.78 is 29.6. The Hall–Kier alpha value is -2.87. The van der Waals surface area contributed by atoms with Gasteiger partial charge in [0.25, 0.3) is 0 Å². The summed E-state index contributed by atoms with van der Waals surface area (Å²) in [4.78, 5) is 17.1. The third-order valence-electron chi connectivity index (χ3n) is 7.28. The van der Waals surface area contributed by atoms with Gasteiger partial charge in [-0.2, -0.15) is 0 Å². The highest BCUT2D eigenvalue weighted by atomic mass is 32.1. The van der Waals surface area contributed by atoms with Crippen LogP contribution in [0.4, 0.5) is 14.6 Å². The molecule has 0 radical (unpaired) electrons. The van der Waals surface area contributed by atoms with Crippen LogP contribution in [0.5, 0.6) is 0 Å². The van der Waals surface area contributed by atoms with E-state index in [0.29, 0.717) is 40.2 Å². The lowest BCUT2D eigenvalue weighted by atomic mass is 9.62. The lowest BCUT2D eigenvalue weighted by Gasteiger charge is -2.47. The summed E-state index contributed by atoms with van der Waals surface area (Å²) in [6, 6.07) is 5.33. The molecule has 2 bridgehead atoms. The molecule has 2 unspecified atom stereocenters. The van der Waals surface area contributed by atoms with Gasteiger partial charge in [0.1, 0.15) is 17.2 Å². The van der Waals surface area contributed by atoms with Gasteiger partial charge in [-0.25, -0.2) is 23.7 Å². The number of aromatic amines is 1. The molecule has 0 saturated heterocycles. The molecule has 8 heteroatoms. The van der Waals surface area contributed by atoms with Crippen molar-refractivity contribution in [2.45, 2.75) is 38.6 Å². The van der Waals surface area contributed by atoms with Gasteiger partial charge in [-0.15, -0.1) is 11.3 Å². The molecule has 3 aliphatic carbocycles. The van der Waals surface area contributed by atoms with Crippen LogP contribution in [0.3, 0.4) is 0 Å². The van der Waals surface area contributed by atoms with E-state index in [1.165, 1.54) is 43.1 Å². The van der Waals surface area contributed by atoms with E-state index >= 15 is 4.39 Å². The minimum atomic E-state index is -0.440. The molecule has 2 atom stereocenters. The molecular weight excluding hydrogens is 428 g/mol. The quantitative estimate of drug-likeness (QED) is 0.384. The zero-order valence-corrected chi connectivity index (χ0v) is 18.4. The Morgan fingerprint density at radius 2 is 1.94 bits per heavy atom. The Morgan fingerprint density at radius 3 is 2.69 bits per heavy atom. The second-order valence-corrected chi connectivity index (χ2v) is 9.94. The van der Waals surface area contributed by atoms with Gasteiger partial charge in [-0.1, -0.05) is 13.0 Å². The number of nitrogens with one attached hydrogen (secondary N) is 2. The molecule has 5 nitrogen and oxygen atoms in total. The van der Waals surface area contributed by atoms with Crippen molar-refractivity contribution in [1.29, 1.82) is 0 Å². The monoisotopic (exact) mass is 451 g/mol. The Bertz CT molecular complexity index is 1280. The van der Waals surface area contributed by atoms with Crippen LogP contribution in [0, 0.1) is 29.4 Å². The molecule has 3 fully saturated rings. The van der Waals surface area contributed by atoms with E-state index in [1.807, 2.05) is 17.5 Å². The average Bonchev–Trinajstić information content (AvgIpc) is 3.48. The number of nitrogens with zero attached hydrogens (tertiary/aromatic N) is 3. The number of H-pyrrole nitrogens is 1. The SMILES string of the molecule is CC1C2CCC(CC2)C1Nc1nc(-c2c[nH]c3ncc(F)cc23)nc(-c2cccs2)c1F. The fourth-order valence-corrected chi connectivity index (χ4v) is 6.27. The first-order valence-corrected chi connectivity index (χ1v) is 12.0.